The van der Waals surface area contributed by atoms with Crippen LogP contribution in [0.25, 0.3) is 5.52 Å². The molecule has 2 aromatic heterocycles. The van der Waals surface area contributed by atoms with Gasteiger partial charge < -0.3 is 4.40 Å². The fraction of sp³-hybridized carbons (Fsp3) is 0.417. The van der Waals surface area contributed by atoms with Crippen LogP contribution in [0.5, 0.6) is 0 Å². The second-order valence-corrected chi connectivity index (χ2v) is 7.80. The van der Waals surface area contributed by atoms with Crippen molar-refractivity contribution in [3.8, 4) is 0 Å². The van der Waals surface area contributed by atoms with Gasteiger partial charge in [-0.15, -0.1) is 0 Å². The molecule has 2 heterocycles. The Morgan fingerprint density at radius 2 is 1.08 bits per heavy atom. The SMILES string of the molecule is Cc1c(C)c(C)c(Cc2ccn3c(C)c(C)c(C)c(C)c23)c(C)c1C. The van der Waals surface area contributed by atoms with Gasteiger partial charge in [0.05, 0.1) is 5.52 Å². The summed E-state index contributed by atoms with van der Waals surface area (Å²) in [5.74, 6) is 0. The molecule has 0 N–H and O–H groups in total. The van der Waals surface area contributed by atoms with Crippen LogP contribution in [0.3, 0.4) is 0 Å². The second-order valence-electron chi connectivity index (χ2n) is 7.80. The van der Waals surface area contributed by atoms with Crippen molar-refractivity contribution in [2.24, 2.45) is 0 Å². The molecule has 0 radical (unpaired) electrons. The van der Waals surface area contributed by atoms with Crippen LogP contribution in [-0.4, -0.2) is 4.40 Å². The van der Waals surface area contributed by atoms with Gasteiger partial charge in [-0.25, -0.2) is 0 Å². The van der Waals surface area contributed by atoms with Crippen molar-refractivity contribution in [2.75, 3.05) is 0 Å². The third-order valence-electron chi connectivity index (χ3n) is 6.88. The molecule has 3 rings (SSSR count). The minimum Gasteiger partial charge on any atom is -0.320 e. The molecular formula is C24H31N. The van der Waals surface area contributed by atoms with Gasteiger partial charge in [0.15, 0.2) is 0 Å². The first kappa shape index (κ1) is 17.8. The van der Waals surface area contributed by atoms with Gasteiger partial charge >= 0.3 is 0 Å². The summed E-state index contributed by atoms with van der Waals surface area (Å²) in [6.45, 7) is 20.3. The molecule has 0 aliphatic heterocycles. The van der Waals surface area contributed by atoms with E-state index >= 15 is 0 Å². The molecule has 0 fully saturated rings. The van der Waals surface area contributed by atoms with Crippen molar-refractivity contribution in [2.45, 2.75) is 68.7 Å². The molecule has 3 aromatic rings. The van der Waals surface area contributed by atoms with Gasteiger partial charge in [0, 0.05) is 18.3 Å². The Kier molecular flexibility index (Phi) is 4.31. The van der Waals surface area contributed by atoms with Gasteiger partial charge in [-0.1, -0.05) is 0 Å². The first-order valence-electron chi connectivity index (χ1n) is 9.28. The Balaban J connectivity index is 2.25. The van der Waals surface area contributed by atoms with E-state index in [1.807, 2.05) is 0 Å². The fourth-order valence-electron chi connectivity index (χ4n) is 4.26. The molecule has 0 aliphatic rings. The number of aromatic nitrogens is 1. The Bertz CT molecular complexity index is 970. The summed E-state index contributed by atoms with van der Waals surface area (Å²) in [6, 6.07) is 2.32. The van der Waals surface area contributed by atoms with Crippen LogP contribution >= 0.6 is 0 Å². The first-order chi connectivity index (χ1) is 11.7. The lowest BCUT2D eigenvalue weighted by Gasteiger charge is -2.19. The summed E-state index contributed by atoms with van der Waals surface area (Å²) in [5.41, 5.74) is 17.2. The van der Waals surface area contributed by atoms with E-state index in [1.165, 1.54) is 66.8 Å². The number of hydrogen-bond acceptors (Lipinski definition) is 0. The van der Waals surface area contributed by atoms with E-state index in [9.17, 15) is 0 Å². The molecule has 25 heavy (non-hydrogen) atoms. The Labute approximate surface area is 152 Å². The molecule has 0 unspecified atom stereocenters. The average molecular weight is 334 g/mol. The van der Waals surface area contributed by atoms with Crippen molar-refractivity contribution >= 4 is 5.52 Å². The number of aryl methyl sites for hydroxylation is 2. The molecule has 0 saturated carbocycles. The molecule has 0 amide bonds. The van der Waals surface area contributed by atoms with E-state index in [4.69, 9.17) is 0 Å². The van der Waals surface area contributed by atoms with E-state index in [-0.39, 0.29) is 0 Å². The van der Waals surface area contributed by atoms with Crippen LogP contribution in [0.4, 0.5) is 0 Å². The lowest BCUT2D eigenvalue weighted by atomic mass is 9.86. The number of nitrogens with zero attached hydrogens (tertiary/aromatic N) is 1. The van der Waals surface area contributed by atoms with E-state index < -0.39 is 0 Å². The monoisotopic (exact) mass is 333 g/mol. The summed E-state index contributed by atoms with van der Waals surface area (Å²) < 4.78 is 2.38. The highest BCUT2D eigenvalue weighted by Gasteiger charge is 2.17. The lowest BCUT2D eigenvalue weighted by Crippen LogP contribution is -2.05. The van der Waals surface area contributed by atoms with Crippen molar-refractivity contribution in [1.82, 2.24) is 4.40 Å². The summed E-state index contributed by atoms with van der Waals surface area (Å²) in [4.78, 5) is 0. The summed E-state index contributed by atoms with van der Waals surface area (Å²) in [7, 11) is 0. The molecule has 0 bridgehead atoms. The van der Waals surface area contributed by atoms with Gasteiger partial charge in [-0.2, -0.15) is 0 Å². The maximum Gasteiger partial charge on any atom is 0.0520 e. The number of pyridine rings is 1. The summed E-state index contributed by atoms with van der Waals surface area (Å²) >= 11 is 0. The highest BCUT2D eigenvalue weighted by molar-refractivity contribution is 5.67. The van der Waals surface area contributed by atoms with Crippen LogP contribution in [0.15, 0.2) is 12.3 Å². The number of benzene rings is 1. The van der Waals surface area contributed by atoms with Gasteiger partial charge in [-0.3, -0.25) is 0 Å². The molecule has 1 heteroatoms. The molecular weight excluding hydrogens is 302 g/mol. The van der Waals surface area contributed by atoms with E-state index in [0.29, 0.717) is 0 Å². The summed E-state index contributed by atoms with van der Waals surface area (Å²) in [5, 5.41) is 0. The standard InChI is InChI=1S/C24H31N/c1-13-14(2)18(6)23(19(7)15(13)3)12-22-10-11-25-21(9)17(5)16(4)20(8)24(22)25/h10-11H,12H2,1-9H3. The Hall–Kier alpha value is -2.02. The van der Waals surface area contributed by atoms with Crippen molar-refractivity contribution in [3.05, 3.63) is 73.6 Å². The van der Waals surface area contributed by atoms with Crippen molar-refractivity contribution < 1.29 is 0 Å². The zero-order valence-corrected chi connectivity index (χ0v) is 17.3. The van der Waals surface area contributed by atoms with Crippen LogP contribution in [0.1, 0.15) is 61.3 Å². The van der Waals surface area contributed by atoms with Gasteiger partial charge in [0.2, 0.25) is 0 Å². The topological polar surface area (TPSA) is 4.41 Å². The number of hydrogen-bond donors (Lipinski definition) is 0. The predicted molar refractivity (Wildman–Crippen MR) is 109 cm³/mol. The molecule has 0 aliphatic carbocycles. The zero-order chi connectivity index (χ0) is 18.6. The average Bonchev–Trinajstić information content (AvgIpc) is 3.02. The maximum atomic E-state index is 2.38. The molecule has 1 nitrogen and oxygen atoms in total. The normalized spacial score (nSPS) is 11.6. The summed E-state index contributed by atoms with van der Waals surface area (Å²) in [6.07, 6.45) is 3.26. The van der Waals surface area contributed by atoms with Gasteiger partial charge in [0.1, 0.15) is 0 Å². The van der Waals surface area contributed by atoms with E-state index in [0.717, 1.165) is 6.42 Å². The molecule has 0 saturated heterocycles. The van der Waals surface area contributed by atoms with Gasteiger partial charge in [-0.05, 0) is 124 Å². The van der Waals surface area contributed by atoms with Crippen LogP contribution in [-0.2, 0) is 6.42 Å². The number of fused-ring (bicyclic) bond motifs is 1. The predicted octanol–water partition coefficient (Wildman–Crippen LogP) is 6.31. The van der Waals surface area contributed by atoms with Crippen LogP contribution in [0.2, 0.25) is 0 Å². The quantitative estimate of drug-likeness (QED) is 0.518. The van der Waals surface area contributed by atoms with Crippen LogP contribution in [0, 0.1) is 62.3 Å². The van der Waals surface area contributed by atoms with Crippen LogP contribution < -0.4 is 0 Å². The maximum absolute atomic E-state index is 2.38. The Morgan fingerprint density at radius 1 is 0.600 bits per heavy atom. The second kappa shape index (κ2) is 6.05. The molecule has 0 atom stereocenters. The highest BCUT2D eigenvalue weighted by Crippen LogP contribution is 2.31. The van der Waals surface area contributed by atoms with Crippen molar-refractivity contribution in [1.29, 1.82) is 0 Å². The van der Waals surface area contributed by atoms with E-state index in [2.05, 4.69) is 79.0 Å². The largest absolute Gasteiger partial charge is 0.320 e. The third kappa shape index (κ3) is 2.52. The van der Waals surface area contributed by atoms with Gasteiger partial charge in [0.25, 0.3) is 0 Å². The van der Waals surface area contributed by atoms with Crippen molar-refractivity contribution in [3.63, 3.8) is 0 Å². The molecule has 1 aromatic carbocycles. The Morgan fingerprint density at radius 3 is 1.64 bits per heavy atom. The first-order valence-corrected chi connectivity index (χ1v) is 9.28. The fourth-order valence-corrected chi connectivity index (χ4v) is 4.26. The molecule has 132 valence electrons. The lowest BCUT2D eigenvalue weighted by molar-refractivity contribution is 1.03. The van der Waals surface area contributed by atoms with E-state index in [1.54, 1.807) is 0 Å². The minimum absolute atomic E-state index is 1.01. The zero-order valence-electron chi connectivity index (χ0n) is 17.3. The minimum atomic E-state index is 1.01. The smallest absolute Gasteiger partial charge is 0.0520 e. The molecule has 0 spiro atoms. The number of rotatable bonds is 2. The third-order valence-corrected chi connectivity index (χ3v) is 6.88. The highest BCUT2D eigenvalue weighted by atomic mass is 14.9.